The molecule has 3 rings (SSSR count). The number of nitrogens with one attached hydrogen (secondary N) is 1. The Morgan fingerprint density at radius 1 is 1.16 bits per heavy atom. The van der Waals surface area contributed by atoms with Crippen molar-refractivity contribution in [2.45, 2.75) is 24.3 Å². The molecule has 1 atom stereocenters. The molecule has 2 aromatic rings. The van der Waals surface area contributed by atoms with Crippen LogP contribution in [-0.2, 0) is 14.8 Å². The third kappa shape index (κ3) is 5.47. The van der Waals surface area contributed by atoms with Gasteiger partial charge in [0, 0.05) is 24.8 Å². The van der Waals surface area contributed by atoms with E-state index in [1.165, 1.54) is 41.7 Å². The van der Waals surface area contributed by atoms with Gasteiger partial charge in [-0.25, -0.2) is 12.8 Å². The maximum atomic E-state index is 13.1. The van der Waals surface area contributed by atoms with Crippen LogP contribution in [0.1, 0.15) is 12.8 Å². The molecule has 1 aliphatic rings. The number of rotatable bonds is 7. The summed E-state index contributed by atoms with van der Waals surface area (Å²) in [7, 11) is -2.59. The van der Waals surface area contributed by atoms with Gasteiger partial charge < -0.3 is 14.8 Å². The summed E-state index contributed by atoms with van der Waals surface area (Å²) in [4.78, 5) is 12.7. The molecule has 7 nitrogen and oxygen atoms in total. The molecule has 0 bridgehead atoms. The van der Waals surface area contributed by atoms with Gasteiger partial charge in [-0.15, -0.1) is 0 Å². The molecule has 31 heavy (non-hydrogen) atoms. The molecule has 0 saturated carbocycles. The molecule has 1 aliphatic heterocycles. The van der Waals surface area contributed by atoms with Crippen LogP contribution in [0.15, 0.2) is 47.4 Å². The van der Waals surface area contributed by atoms with Gasteiger partial charge in [-0.3, -0.25) is 4.79 Å². The van der Waals surface area contributed by atoms with Crippen molar-refractivity contribution in [1.29, 1.82) is 0 Å². The van der Waals surface area contributed by atoms with Crippen molar-refractivity contribution in [3.05, 3.63) is 48.3 Å². The van der Waals surface area contributed by atoms with E-state index >= 15 is 0 Å². The first kappa shape index (κ1) is 22.9. The Labute approximate surface area is 177 Å². The number of anilines is 1. The van der Waals surface area contributed by atoms with E-state index in [1.807, 2.05) is 0 Å². The monoisotopic (exact) mass is 458 g/mol. The van der Waals surface area contributed by atoms with Crippen LogP contribution >= 0.6 is 0 Å². The van der Waals surface area contributed by atoms with Crippen LogP contribution in [0.5, 0.6) is 11.5 Å². The highest BCUT2D eigenvalue weighted by Gasteiger charge is 2.33. The fourth-order valence-corrected chi connectivity index (χ4v) is 4.84. The van der Waals surface area contributed by atoms with Crippen LogP contribution in [0.4, 0.5) is 18.9 Å². The van der Waals surface area contributed by atoms with Crippen LogP contribution in [0, 0.1) is 11.7 Å². The van der Waals surface area contributed by atoms with Crippen molar-refractivity contribution in [1.82, 2.24) is 4.31 Å². The number of benzene rings is 2. The lowest BCUT2D eigenvalue weighted by Gasteiger charge is -2.31. The van der Waals surface area contributed by atoms with E-state index in [-0.39, 0.29) is 29.5 Å². The molecule has 1 N–H and O–H groups in total. The van der Waals surface area contributed by atoms with Crippen molar-refractivity contribution in [3.8, 4) is 11.5 Å². The van der Waals surface area contributed by atoms with Crippen LogP contribution in [0.3, 0.4) is 0 Å². The molecule has 168 valence electrons. The van der Waals surface area contributed by atoms with Gasteiger partial charge in [0.2, 0.25) is 15.9 Å². The maximum absolute atomic E-state index is 13.1. The van der Waals surface area contributed by atoms with Crippen LogP contribution in [0.2, 0.25) is 0 Å². The van der Waals surface area contributed by atoms with Gasteiger partial charge in [0.05, 0.1) is 17.9 Å². The van der Waals surface area contributed by atoms with Crippen molar-refractivity contribution < 1.29 is 35.9 Å². The van der Waals surface area contributed by atoms with Gasteiger partial charge in [-0.05, 0) is 49.2 Å². The molecule has 0 aliphatic carbocycles. The van der Waals surface area contributed by atoms with Crippen LogP contribution in [-0.4, -0.2) is 45.4 Å². The van der Waals surface area contributed by atoms with E-state index in [9.17, 15) is 26.4 Å². The third-order valence-electron chi connectivity index (χ3n) is 4.85. The second-order valence-corrected chi connectivity index (χ2v) is 8.83. The average Bonchev–Trinajstić information content (AvgIpc) is 2.74. The predicted octanol–water partition coefficient (Wildman–Crippen LogP) is 3.48. The molecular formula is C20H21F3N2O5S. The highest BCUT2D eigenvalue weighted by atomic mass is 32.2. The lowest BCUT2D eigenvalue weighted by atomic mass is 9.98. The fourth-order valence-electron chi connectivity index (χ4n) is 3.31. The zero-order chi connectivity index (χ0) is 22.6. The van der Waals surface area contributed by atoms with E-state index in [0.717, 1.165) is 12.1 Å². The third-order valence-corrected chi connectivity index (χ3v) is 6.73. The first-order chi connectivity index (χ1) is 14.7. The Morgan fingerprint density at radius 2 is 1.87 bits per heavy atom. The molecule has 1 fully saturated rings. The van der Waals surface area contributed by atoms with Gasteiger partial charge >= 0.3 is 6.61 Å². The zero-order valence-corrected chi connectivity index (χ0v) is 17.4. The van der Waals surface area contributed by atoms with E-state index in [1.54, 1.807) is 0 Å². The summed E-state index contributed by atoms with van der Waals surface area (Å²) in [6.45, 7) is -2.81. The summed E-state index contributed by atoms with van der Waals surface area (Å²) < 4.78 is 74.2. The predicted molar refractivity (Wildman–Crippen MR) is 106 cm³/mol. The largest absolute Gasteiger partial charge is 0.493 e. The number of methoxy groups -OCH3 is 1. The van der Waals surface area contributed by atoms with Crippen molar-refractivity contribution >= 4 is 21.6 Å². The number of amides is 1. The Morgan fingerprint density at radius 3 is 2.52 bits per heavy atom. The number of carbonyl (C=O) groups excluding carboxylic acids is 1. The number of alkyl halides is 2. The Balaban J connectivity index is 1.70. The van der Waals surface area contributed by atoms with E-state index in [2.05, 4.69) is 10.1 Å². The van der Waals surface area contributed by atoms with Crippen LogP contribution < -0.4 is 14.8 Å². The topological polar surface area (TPSA) is 84.9 Å². The molecule has 1 amide bonds. The van der Waals surface area contributed by atoms with E-state index < -0.39 is 34.3 Å². The number of nitrogens with zero attached hydrogens (tertiary/aromatic N) is 1. The number of ether oxygens (including phenoxy) is 2. The smallest absolute Gasteiger partial charge is 0.387 e. The summed E-state index contributed by atoms with van der Waals surface area (Å²) >= 11 is 0. The van der Waals surface area contributed by atoms with Crippen molar-refractivity contribution in [3.63, 3.8) is 0 Å². The number of carbonyl (C=O) groups is 1. The van der Waals surface area contributed by atoms with Gasteiger partial charge in [0.15, 0.2) is 11.5 Å². The minimum absolute atomic E-state index is 0.0160. The lowest BCUT2D eigenvalue weighted by Crippen LogP contribution is -2.43. The van der Waals surface area contributed by atoms with Gasteiger partial charge in [-0.1, -0.05) is 0 Å². The quantitative estimate of drug-likeness (QED) is 0.687. The van der Waals surface area contributed by atoms with Crippen molar-refractivity contribution in [2.75, 3.05) is 25.5 Å². The zero-order valence-electron chi connectivity index (χ0n) is 16.6. The molecule has 1 heterocycles. The second kappa shape index (κ2) is 9.56. The highest BCUT2D eigenvalue weighted by molar-refractivity contribution is 7.89. The Hall–Kier alpha value is -2.79. The first-order valence-electron chi connectivity index (χ1n) is 9.40. The normalized spacial score (nSPS) is 17.4. The van der Waals surface area contributed by atoms with Crippen LogP contribution in [0.25, 0.3) is 0 Å². The number of sulfonamides is 1. The molecule has 0 radical (unpaired) electrons. The Kier molecular flexibility index (Phi) is 7.06. The number of hydrogen-bond acceptors (Lipinski definition) is 5. The SMILES string of the molecule is COc1cc(NC(=O)C2CCCN(S(=O)(=O)c3ccc(F)cc3)C2)ccc1OC(F)F. The number of piperidine rings is 1. The summed E-state index contributed by atoms with van der Waals surface area (Å²) in [5.41, 5.74) is 0.294. The van der Waals surface area contributed by atoms with Gasteiger partial charge in [-0.2, -0.15) is 13.1 Å². The first-order valence-corrected chi connectivity index (χ1v) is 10.8. The van der Waals surface area contributed by atoms with Crippen molar-refractivity contribution in [2.24, 2.45) is 5.92 Å². The second-order valence-electron chi connectivity index (χ2n) is 6.89. The minimum atomic E-state index is -3.87. The fraction of sp³-hybridized carbons (Fsp3) is 0.350. The minimum Gasteiger partial charge on any atom is -0.493 e. The maximum Gasteiger partial charge on any atom is 0.387 e. The lowest BCUT2D eigenvalue weighted by molar-refractivity contribution is -0.120. The number of halogens is 3. The molecule has 1 saturated heterocycles. The summed E-state index contributed by atoms with van der Waals surface area (Å²) in [5.74, 6) is -1.74. The molecule has 1 unspecified atom stereocenters. The van der Waals surface area contributed by atoms with Gasteiger partial charge in [0.1, 0.15) is 5.82 Å². The summed E-state index contributed by atoms with van der Waals surface area (Å²) in [6, 6.07) is 8.46. The standard InChI is InChI=1S/C20H21F3N2O5S/c1-29-18-11-15(6-9-17(18)30-20(22)23)24-19(26)13-3-2-10-25(12-13)31(27,28)16-7-4-14(21)5-8-16/h4-9,11,13,20H,2-3,10,12H2,1H3,(H,24,26). The van der Waals surface area contributed by atoms with E-state index in [4.69, 9.17) is 4.74 Å². The van der Waals surface area contributed by atoms with Gasteiger partial charge in [0.25, 0.3) is 0 Å². The summed E-state index contributed by atoms with van der Waals surface area (Å²) in [6.07, 6.45) is 0.952. The average molecular weight is 458 g/mol. The molecular weight excluding hydrogens is 437 g/mol. The molecule has 11 heteroatoms. The summed E-state index contributed by atoms with van der Waals surface area (Å²) in [5, 5.41) is 2.65. The Bertz CT molecular complexity index is 1030. The van der Waals surface area contributed by atoms with E-state index in [0.29, 0.717) is 18.5 Å². The molecule has 0 spiro atoms. The number of hydrogen-bond donors (Lipinski definition) is 1. The molecule has 0 aromatic heterocycles. The highest BCUT2D eigenvalue weighted by Crippen LogP contribution is 2.32. The molecule has 2 aromatic carbocycles.